The molecular formula is C85H166O17P2. The summed E-state index contributed by atoms with van der Waals surface area (Å²) in [6.45, 7) is 11.9. The number of aliphatic hydroxyl groups is 1. The lowest BCUT2D eigenvalue weighted by Gasteiger charge is -2.21. The Morgan fingerprint density at radius 2 is 0.490 bits per heavy atom. The fourth-order valence-corrected chi connectivity index (χ4v) is 14.7. The van der Waals surface area contributed by atoms with E-state index in [1.165, 1.54) is 250 Å². The summed E-state index contributed by atoms with van der Waals surface area (Å²) in [6.07, 6.45) is 65.5. The minimum Gasteiger partial charge on any atom is -0.462 e. The Hall–Kier alpha value is -1.94. The van der Waals surface area contributed by atoms with Gasteiger partial charge in [0.1, 0.15) is 19.3 Å². The molecule has 0 saturated carbocycles. The van der Waals surface area contributed by atoms with Crippen molar-refractivity contribution in [1.29, 1.82) is 0 Å². The van der Waals surface area contributed by atoms with Crippen LogP contribution in [0.4, 0.5) is 0 Å². The zero-order valence-corrected chi connectivity index (χ0v) is 70.3. The van der Waals surface area contributed by atoms with E-state index in [2.05, 4.69) is 48.5 Å². The minimum absolute atomic E-state index is 0.105. The Labute approximate surface area is 638 Å². The predicted octanol–water partition coefficient (Wildman–Crippen LogP) is 25.7. The molecule has 0 amide bonds. The first-order chi connectivity index (χ1) is 50.3. The summed E-state index contributed by atoms with van der Waals surface area (Å²) in [7, 11) is -9.92. The van der Waals surface area contributed by atoms with Crippen LogP contribution in [0.5, 0.6) is 0 Å². The predicted molar refractivity (Wildman–Crippen MR) is 428 cm³/mol. The summed E-state index contributed by atoms with van der Waals surface area (Å²) in [4.78, 5) is 73.1. The molecule has 0 radical (unpaired) electrons. The van der Waals surface area contributed by atoms with Crippen LogP contribution < -0.4 is 0 Å². The third-order valence-corrected chi connectivity index (χ3v) is 22.1. The Kier molecular flexibility index (Phi) is 73.7. The van der Waals surface area contributed by atoms with Crippen molar-refractivity contribution in [3.05, 3.63) is 0 Å². The molecule has 0 aliphatic heterocycles. The maximum Gasteiger partial charge on any atom is 0.472 e. The fraction of sp³-hybridized carbons (Fsp3) is 0.953. The number of esters is 4. The van der Waals surface area contributed by atoms with Gasteiger partial charge in [0.05, 0.1) is 26.4 Å². The summed E-state index contributed by atoms with van der Waals surface area (Å²) in [5, 5.41) is 10.7. The van der Waals surface area contributed by atoms with Crippen molar-refractivity contribution < 1.29 is 80.2 Å². The highest BCUT2D eigenvalue weighted by atomic mass is 31.2. The van der Waals surface area contributed by atoms with Gasteiger partial charge in [-0.15, -0.1) is 0 Å². The Morgan fingerprint density at radius 1 is 0.279 bits per heavy atom. The standard InChI is InChI=1S/C85H166O17P2/c1-8-10-11-12-13-14-15-16-17-18-19-20-21-25-28-31-34-39-44-52-59-66-82(87)95-72-80(101-84(89)68-61-54-45-40-35-32-29-26-23-22-24-27-30-33-37-42-49-56-63-76(3)4)74-99-103(91,92)97-70-79(86)71-98-104(93,94)100-75-81(73-96-83(88)67-60-53-48-47-51-58-65-78(7)9-2)102-85(90)69-62-55-46-41-36-38-43-50-57-64-77(5)6/h76-81,86H,8-75H2,1-7H3,(H,91,92)(H,93,94)/t78?,79-,80-,81-/m1/s1. The van der Waals surface area contributed by atoms with Gasteiger partial charge in [0.15, 0.2) is 12.2 Å². The first-order valence-electron chi connectivity index (χ1n) is 43.9. The Bertz CT molecular complexity index is 2010. The van der Waals surface area contributed by atoms with Crippen molar-refractivity contribution in [1.82, 2.24) is 0 Å². The summed E-state index contributed by atoms with van der Waals surface area (Å²) >= 11 is 0. The van der Waals surface area contributed by atoms with Crippen molar-refractivity contribution in [3.8, 4) is 0 Å². The van der Waals surface area contributed by atoms with Gasteiger partial charge in [0.2, 0.25) is 0 Å². The lowest BCUT2D eigenvalue weighted by molar-refractivity contribution is -0.161. The molecule has 0 fully saturated rings. The molecule has 6 atom stereocenters. The van der Waals surface area contributed by atoms with Gasteiger partial charge in [-0.05, 0) is 43.4 Å². The highest BCUT2D eigenvalue weighted by Crippen LogP contribution is 2.45. The highest BCUT2D eigenvalue weighted by Gasteiger charge is 2.30. The molecule has 0 aromatic carbocycles. The van der Waals surface area contributed by atoms with Crippen molar-refractivity contribution in [3.63, 3.8) is 0 Å². The average Bonchev–Trinajstić information content (AvgIpc) is 0.905. The smallest absolute Gasteiger partial charge is 0.462 e. The van der Waals surface area contributed by atoms with Gasteiger partial charge in [-0.3, -0.25) is 37.3 Å². The van der Waals surface area contributed by atoms with Gasteiger partial charge in [-0.25, -0.2) is 9.13 Å². The molecule has 0 aromatic heterocycles. The largest absolute Gasteiger partial charge is 0.472 e. The molecule has 0 heterocycles. The number of phosphoric ester groups is 2. The first kappa shape index (κ1) is 102. The van der Waals surface area contributed by atoms with Gasteiger partial charge in [0.25, 0.3) is 0 Å². The maximum absolute atomic E-state index is 13.1. The molecule has 618 valence electrons. The van der Waals surface area contributed by atoms with E-state index in [0.717, 1.165) is 114 Å². The highest BCUT2D eigenvalue weighted by molar-refractivity contribution is 7.47. The molecule has 104 heavy (non-hydrogen) atoms. The minimum atomic E-state index is -4.97. The number of carbonyl (C=O) groups excluding carboxylic acids is 4. The monoisotopic (exact) mass is 1520 g/mol. The van der Waals surface area contributed by atoms with E-state index in [9.17, 15) is 43.2 Å². The molecule has 0 aliphatic rings. The van der Waals surface area contributed by atoms with Gasteiger partial charge in [0, 0.05) is 25.7 Å². The van der Waals surface area contributed by atoms with E-state index >= 15 is 0 Å². The summed E-state index contributed by atoms with van der Waals surface area (Å²) in [5.74, 6) is 0.177. The van der Waals surface area contributed by atoms with E-state index in [0.29, 0.717) is 25.7 Å². The second-order valence-electron chi connectivity index (χ2n) is 31.8. The van der Waals surface area contributed by atoms with Crippen LogP contribution in [0.3, 0.4) is 0 Å². The summed E-state index contributed by atoms with van der Waals surface area (Å²) in [6, 6.07) is 0. The number of rotatable bonds is 83. The third-order valence-electron chi connectivity index (χ3n) is 20.2. The summed E-state index contributed by atoms with van der Waals surface area (Å²) in [5.41, 5.74) is 0. The topological polar surface area (TPSA) is 237 Å². The van der Waals surface area contributed by atoms with Crippen LogP contribution in [0.25, 0.3) is 0 Å². The van der Waals surface area contributed by atoms with Gasteiger partial charge in [-0.2, -0.15) is 0 Å². The average molecular weight is 1520 g/mol. The molecule has 3 unspecified atom stereocenters. The molecular weight excluding hydrogens is 1350 g/mol. The van der Waals surface area contributed by atoms with Crippen LogP contribution in [0.1, 0.15) is 447 Å². The van der Waals surface area contributed by atoms with E-state index < -0.39 is 97.5 Å². The Balaban J connectivity index is 5.20. The molecule has 0 spiro atoms. The zero-order valence-electron chi connectivity index (χ0n) is 68.5. The number of hydrogen-bond donors (Lipinski definition) is 3. The Morgan fingerprint density at radius 3 is 0.731 bits per heavy atom. The van der Waals surface area contributed by atoms with Gasteiger partial charge in [-0.1, -0.05) is 395 Å². The molecule has 17 nitrogen and oxygen atoms in total. The van der Waals surface area contributed by atoms with Crippen LogP contribution in [0.15, 0.2) is 0 Å². The zero-order chi connectivity index (χ0) is 76.5. The van der Waals surface area contributed by atoms with Crippen molar-refractivity contribution >= 4 is 39.5 Å². The van der Waals surface area contributed by atoms with Crippen molar-refractivity contribution in [2.75, 3.05) is 39.6 Å². The maximum atomic E-state index is 13.1. The molecule has 0 saturated heterocycles. The lowest BCUT2D eigenvalue weighted by Crippen LogP contribution is -2.30. The van der Waals surface area contributed by atoms with Crippen LogP contribution in [0, 0.1) is 17.8 Å². The van der Waals surface area contributed by atoms with Gasteiger partial charge < -0.3 is 33.8 Å². The molecule has 0 aromatic rings. The SMILES string of the molecule is CCCCCCCCCCCCCCCCCCCCCCCC(=O)OC[C@H](COP(=O)(O)OC[C@@H](O)COP(=O)(O)OC[C@@H](COC(=O)CCCCCCCCC(C)CC)OC(=O)CCCCCCCCCCCC(C)C)OC(=O)CCCCCCCCCCCCCCCCCCCCC(C)C. The number of unbranched alkanes of at least 4 members (excludes halogenated alkanes) is 50. The third kappa shape index (κ3) is 76.8. The van der Waals surface area contributed by atoms with E-state index in [4.69, 9.17) is 37.0 Å². The van der Waals surface area contributed by atoms with Crippen molar-refractivity contribution in [2.45, 2.75) is 465 Å². The van der Waals surface area contributed by atoms with E-state index in [1.54, 1.807) is 0 Å². The van der Waals surface area contributed by atoms with Crippen LogP contribution in [-0.2, 0) is 65.4 Å². The van der Waals surface area contributed by atoms with Crippen LogP contribution in [0.2, 0.25) is 0 Å². The normalized spacial score (nSPS) is 14.2. The fourth-order valence-electron chi connectivity index (χ4n) is 13.2. The molecule has 0 rings (SSSR count). The van der Waals surface area contributed by atoms with Crippen molar-refractivity contribution in [2.24, 2.45) is 17.8 Å². The second-order valence-corrected chi connectivity index (χ2v) is 34.7. The second kappa shape index (κ2) is 75.1. The molecule has 19 heteroatoms. The summed E-state index contributed by atoms with van der Waals surface area (Å²) < 4.78 is 68.8. The van der Waals surface area contributed by atoms with Gasteiger partial charge >= 0.3 is 39.5 Å². The number of hydrogen-bond acceptors (Lipinski definition) is 15. The quantitative estimate of drug-likeness (QED) is 0.0222. The number of carbonyl (C=O) groups is 4. The van der Waals surface area contributed by atoms with E-state index in [1.807, 2.05) is 0 Å². The molecule has 3 N–H and O–H groups in total. The van der Waals surface area contributed by atoms with Crippen LogP contribution in [-0.4, -0.2) is 96.7 Å². The number of phosphoric acid groups is 2. The number of ether oxygens (including phenoxy) is 4. The number of aliphatic hydroxyl groups excluding tert-OH is 1. The molecule has 0 bridgehead atoms. The van der Waals surface area contributed by atoms with Crippen LogP contribution >= 0.6 is 15.6 Å². The molecule has 0 aliphatic carbocycles. The first-order valence-corrected chi connectivity index (χ1v) is 46.9. The van der Waals surface area contributed by atoms with E-state index in [-0.39, 0.29) is 25.7 Å². The lowest BCUT2D eigenvalue weighted by atomic mass is 10.00.